The number of fused-ring (bicyclic) bond motifs is 4. The summed E-state index contributed by atoms with van der Waals surface area (Å²) in [5.74, 6) is -0.367. The molecule has 1 aliphatic carbocycles. The first kappa shape index (κ1) is 10.8. The average molecular weight is 253 g/mol. The van der Waals surface area contributed by atoms with E-state index in [2.05, 4.69) is 16.1 Å². The lowest BCUT2D eigenvalue weighted by Crippen LogP contribution is -2.55. The van der Waals surface area contributed by atoms with Gasteiger partial charge in [0.25, 0.3) is 0 Å². The molecule has 1 fully saturated rings. The van der Waals surface area contributed by atoms with Crippen LogP contribution >= 0.6 is 0 Å². The number of nitrogens with two attached hydrogens (primary N) is 1. The van der Waals surface area contributed by atoms with Crippen LogP contribution in [0.15, 0.2) is 35.1 Å². The van der Waals surface area contributed by atoms with Gasteiger partial charge < -0.3 is 10.6 Å². The highest BCUT2D eigenvalue weighted by Crippen LogP contribution is 2.48. The van der Waals surface area contributed by atoms with Crippen molar-refractivity contribution >= 4 is 17.8 Å². The van der Waals surface area contributed by atoms with Crippen LogP contribution in [-0.4, -0.2) is 17.7 Å². The van der Waals surface area contributed by atoms with Crippen LogP contribution in [0.5, 0.6) is 0 Å². The molecule has 4 rings (SSSR count). The fraction of sp³-hybridized carbons (Fsp3) is 0.333. The SMILES string of the molecule is NC(=O)c1ccc2c(c1)N1C(=CN=CC13CCC3)C2. The first-order valence-electron chi connectivity index (χ1n) is 6.66. The van der Waals surface area contributed by atoms with Crippen LogP contribution in [0.1, 0.15) is 35.2 Å². The largest absolute Gasteiger partial charge is 0.366 e. The predicted octanol–water partition coefficient (Wildman–Crippen LogP) is 2.00. The van der Waals surface area contributed by atoms with Crippen molar-refractivity contribution < 1.29 is 4.79 Å². The maximum atomic E-state index is 11.4. The molecule has 0 bridgehead atoms. The summed E-state index contributed by atoms with van der Waals surface area (Å²) in [7, 11) is 0. The van der Waals surface area contributed by atoms with Crippen LogP contribution in [0.25, 0.3) is 0 Å². The van der Waals surface area contributed by atoms with Crippen molar-refractivity contribution in [3.05, 3.63) is 41.2 Å². The van der Waals surface area contributed by atoms with Gasteiger partial charge in [-0.2, -0.15) is 0 Å². The predicted molar refractivity (Wildman–Crippen MR) is 74.3 cm³/mol. The Morgan fingerprint density at radius 2 is 2.21 bits per heavy atom. The molecule has 4 heteroatoms. The minimum atomic E-state index is -0.367. The molecule has 96 valence electrons. The van der Waals surface area contributed by atoms with Gasteiger partial charge in [0.05, 0.1) is 5.54 Å². The number of aliphatic imine (C=N–C) groups is 1. The Morgan fingerprint density at radius 1 is 1.37 bits per heavy atom. The van der Waals surface area contributed by atoms with Gasteiger partial charge in [0.2, 0.25) is 5.91 Å². The average Bonchev–Trinajstić information content (AvgIpc) is 2.74. The summed E-state index contributed by atoms with van der Waals surface area (Å²) in [4.78, 5) is 18.2. The lowest BCUT2D eigenvalue weighted by Gasteiger charge is -2.49. The van der Waals surface area contributed by atoms with Crippen molar-refractivity contribution in [3.8, 4) is 0 Å². The third-order valence-electron chi connectivity index (χ3n) is 4.47. The van der Waals surface area contributed by atoms with Gasteiger partial charge in [-0.1, -0.05) is 6.07 Å². The van der Waals surface area contributed by atoms with Crippen LogP contribution < -0.4 is 10.6 Å². The highest BCUT2D eigenvalue weighted by Gasteiger charge is 2.47. The van der Waals surface area contributed by atoms with Crippen LogP contribution in [-0.2, 0) is 6.42 Å². The van der Waals surface area contributed by atoms with E-state index in [0.717, 1.165) is 24.9 Å². The van der Waals surface area contributed by atoms with Gasteiger partial charge in [0.15, 0.2) is 0 Å². The van der Waals surface area contributed by atoms with E-state index in [1.165, 1.54) is 17.7 Å². The van der Waals surface area contributed by atoms with Gasteiger partial charge in [-0.15, -0.1) is 0 Å². The fourth-order valence-corrected chi connectivity index (χ4v) is 3.34. The van der Waals surface area contributed by atoms with Crippen molar-refractivity contribution in [1.82, 2.24) is 0 Å². The Kier molecular flexibility index (Phi) is 1.97. The lowest BCUT2D eigenvalue weighted by molar-refractivity contribution is 0.100. The highest BCUT2D eigenvalue weighted by molar-refractivity contribution is 5.95. The van der Waals surface area contributed by atoms with Crippen LogP contribution in [0.2, 0.25) is 0 Å². The fourth-order valence-electron chi connectivity index (χ4n) is 3.34. The number of primary amides is 1. The van der Waals surface area contributed by atoms with Crippen molar-refractivity contribution in [2.45, 2.75) is 31.2 Å². The van der Waals surface area contributed by atoms with Crippen LogP contribution in [0.4, 0.5) is 5.69 Å². The summed E-state index contributed by atoms with van der Waals surface area (Å²) in [6, 6.07) is 5.76. The van der Waals surface area contributed by atoms with E-state index >= 15 is 0 Å². The Labute approximate surface area is 111 Å². The molecule has 3 aliphatic rings. The highest BCUT2D eigenvalue weighted by atomic mass is 16.1. The molecule has 2 aliphatic heterocycles. The smallest absolute Gasteiger partial charge is 0.248 e. The molecular formula is C15H15N3O. The Hall–Kier alpha value is -2.10. The zero-order valence-electron chi connectivity index (χ0n) is 10.6. The number of hydrogen-bond acceptors (Lipinski definition) is 3. The van der Waals surface area contributed by atoms with Crippen molar-refractivity contribution in [3.63, 3.8) is 0 Å². The Balaban J connectivity index is 1.86. The molecule has 1 aromatic carbocycles. The van der Waals surface area contributed by atoms with Crippen LogP contribution in [0.3, 0.4) is 0 Å². The van der Waals surface area contributed by atoms with E-state index in [4.69, 9.17) is 5.73 Å². The molecule has 4 nitrogen and oxygen atoms in total. The molecule has 0 aromatic heterocycles. The van der Waals surface area contributed by atoms with E-state index in [1.54, 1.807) is 0 Å². The number of rotatable bonds is 1. The first-order chi connectivity index (χ1) is 9.20. The second-order valence-electron chi connectivity index (χ2n) is 5.58. The number of benzene rings is 1. The standard InChI is InChI=1S/C15H15N3O/c16-14(19)11-3-2-10-6-12-8-17-9-15(4-1-5-15)18(12)13(10)7-11/h2-3,7-9H,1,4-6H2,(H2,16,19). The Morgan fingerprint density at radius 3 is 2.89 bits per heavy atom. The molecule has 1 saturated carbocycles. The second-order valence-corrected chi connectivity index (χ2v) is 5.58. The van der Waals surface area contributed by atoms with Gasteiger partial charge >= 0.3 is 0 Å². The molecule has 0 atom stereocenters. The lowest BCUT2D eigenvalue weighted by atomic mass is 9.75. The summed E-state index contributed by atoms with van der Waals surface area (Å²) in [5, 5.41) is 0. The number of carbonyl (C=O) groups excluding carboxylic acids is 1. The van der Waals surface area contributed by atoms with Crippen molar-refractivity contribution in [1.29, 1.82) is 0 Å². The molecule has 1 amide bonds. The van der Waals surface area contributed by atoms with Gasteiger partial charge in [-0.05, 0) is 37.0 Å². The summed E-state index contributed by atoms with van der Waals surface area (Å²) < 4.78 is 0. The van der Waals surface area contributed by atoms with Crippen molar-refractivity contribution in [2.24, 2.45) is 10.7 Å². The zero-order valence-corrected chi connectivity index (χ0v) is 10.6. The molecule has 1 aromatic rings. The number of allylic oxidation sites excluding steroid dienone is 1. The number of amides is 1. The summed E-state index contributed by atoms with van der Waals surface area (Å²) in [5.41, 5.74) is 9.64. The molecular weight excluding hydrogens is 238 g/mol. The van der Waals surface area contributed by atoms with E-state index in [-0.39, 0.29) is 11.4 Å². The van der Waals surface area contributed by atoms with Gasteiger partial charge in [-0.25, -0.2) is 0 Å². The van der Waals surface area contributed by atoms with Gasteiger partial charge in [-0.3, -0.25) is 9.79 Å². The molecule has 2 heterocycles. The third-order valence-corrected chi connectivity index (χ3v) is 4.47. The number of carbonyl (C=O) groups is 1. The quantitative estimate of drug-likeness (QED) is 0.832. The van der Waals surface area contributed by atoms with E-state index in [9.17, 15) is 4.79 Å². The number of anilines is 1. The van der Waals surface area contributed by atoms with Gasteiger partial charge in [0.1, 0.15) is 0 Å². The molecule has 1 spiro atoms. The van der Waals surface area contributed by atoms with E-state index in [0.29, 0.717) is 5.56 Å². The molecule has 0 radical (unpaired) electrons. The normalized spacial score (nSPS) is 21.7. The monoisotopic (exact) mass is 253 g/mol. The Bertz CT molecular complexity index is 641. The molecule has 0 saturated heterocycles. The molecule has 2 N–H and O–H groups in total. The maximum Gasteiger partial charge on any atom is 0.248 e. The zero-order chi connectivity index (χ0) is 13.0. The first-order valence-corrected chi connectivity index (χ1v) is 6.66. The minimum absolute atomic E-state index is 0.0472. The summed E-state index contributed by atoms with van der Waals surface area (Å²) in [6.45, 7) is 0. The topological polar surface area (TPSA) is 58.7 Å². The maximum absolute atomic E-state index is 11.4. The summed E-state index contributed by atoms with van der Waals surface area (Å²) in [6.07, 6.45) is 8.40. The van der Waals surface area contributed by atoms with E-state index in [1.807, 2.05) is 24.4 Å². The van der Waals surface area contributed by atoms with Crippen LogP contribution in [0, 0.1) is 0 Å². The number of nitrogens with zero attached hydrogens (tertiary/aromatic N) is 2. The number of hydrogen-bond donors (Lipinski definition) is 1. The molecule has 0 unspecified atom stereocenters. The summed E-state index contributed by atoms with van der Waals surface area (Å²) >= 11 is 0. The minimum Gasteiger partial charge on any atom is -0.366 e. The van der Waals surface area contributed by atoms with Crippen molar-refractivity contribution in [2.75, 3.05) is 4.90 Å². The third kappa shape index (κ3) is 1.34. The van der Waals surface area contributed by atoms with Gasteiger partial charge in [0, 0.05) is 35.8 Å². The molecule has 19 heavy (non-hydrogen) atoms. The second kappa shape index (κ2) is 3.47. The van der Waals surface area contributed by atoms with E-state index < -0.39 is 0 Å².